The molecule has 166 valence electrons. The number of unbranched alkanes of at least 4 members (excludes halogenated alkanes) is 1. The summed E-state index contributed by atoms with van der Waals surface area (Å²) in [6, 6.07) is 0. The van der Waals surface area contributed by atoms with Gasteiger partial charge in [-0.2, -0.15) is 10.2 Å². The molecule has 6 heteroatoms. The summed E-state index contributed by atoms with van der Waals surface area (Å²) >= 11 is 0. The molecule has 0 spiro atoms. The Labute approximate surface area is 180 Å². The summed E-state index contributed by atoms with van der Waals surface area (Å²) in [5.41, 5.74) is 7.60. The van der Waals surface area contributed by atoms with Crippen molar-refractivity contribution in [1.29, 1.82) is 0 Å². The molecule has 30 heavy (non-hydrogen) atoms. The molecular weight excluding hydrogens is 376 g/mol. The fraction of sp³-hybridized carbons (Fsp3) is 0.833. The van der Waals surface area contributed by atoms with Gasteiger partial charge in [0.25, 0.3) is 0 Å². The molecule has 2 amide bonds. The van der Waals surface area contributed by atoms with Crippen molar-refractivity contribution in [3.63, 3.8) is 0 Å². The molecule has 4 rings (SSSR count). The molecule has 6 unspecified atom stereocenters. The van der Waals surface area contributed by atoms with Crippen LogP contribution in [0.15, 0.2) is 10.2 Å². The summed E-state index contributed by atoms with van der Waals surface area (Å²) in [7, 11) is 0. The van der Waals surface area contributed by atoms with Crippen LogP contribution in [-0.4, -0.2) is 23.2 Å². The lowest BCUT2D eigenvalue weighted by molar-refractivity contribution is -0.123. The van der Waals surface area contributed by atoms with Crippen LogP contribution in [0.25, 0.3) is 0 Å². The minimum atomic E-state index is -0.0527. The number of amides is 2. The highest BCUT2D eigenvalue weighted by Crippen LogP contribution is 2.49. The molecule has 0 radical (unpaired) electrons. The minimum absolute atomic E-state index is 0.0527. The number of rotatable bonds is 9. The van der Waals surface area contributed by atoms with Gasteiger partial charge in [0.1, 0.15) is 0 Å². The van der Waals surface area contributed by atoms with Crippen molar-refractivity contribution in [2.75, 3.05) is 0 Å². The van der Waals surface area contributed by atoms with Crippen molar-refractivity contribution in [2.45, 2.75) is 90.9 Å². The maximum atomic E-state index is 12.1. The number of fused-ring (bicyclic) bond motifs is 4. The first-order valence-corrected chi connectivity index (χ1v) is 12.2. The normalized spacial score (nSPS) is 35.1. The fourth-order valence-corrected chi connectivity index (χ4v) is 6.66. The number of nitrogens with one attached hydrogen (secondary N) is 2. The molecule has 4 saturated carbocycles. The van der Waals surface area contributed by atoms with E-state index < -0.39 is 0 Å². The number of carbonyl (C=O) groups is 2. The Balaban J connectivity index is 1.08. The molecule has 0 aliphatic heterocycles. The molecule has 6 atom stereocenters. The van der Waals surface area contributed by atoms with E-state index in [1.807, 2.05) is 0 Å². The van der Waals surface area contributed by atoms with Crippen LogP contribution < -0.4 is 10.9 Å². The molecule has 0 heterocycles. The van der Waals surface area contributed by atoms with Gasteiger partial charge >= 0.3 is 0 Å². The van der Waals surface area contributed by atoms with Crippen LogP contribution in [0.3, 0.4) is 0 Å². The van der Waals surface area contributed by atoms with Gasteiger partial charge in [0.05, 0.1) is 0 Å². The second kappa shape index (κ2) is 9.61. The Morgan fingerprint density at radius 2 is 1.13 bits per heavy atom. The van der Waals surface area contributed by atoms with Gasteiger partial charge in [-0.15, -0.1) is 0 Å². The predicted molar refractivity (Wildman–Crippen MR) is 119 cm³/mol. The van der Waals surface area contributed by atoms with Crippen molar-refractivity contribution in [2.24, 2.45) is 45.7 Å². The zero-order chi connectivity index (χ0) is 21.1. The van der Waals surface area contributed by atoms with Gasteiger partial charge < -0.3 is 0 Å². The van der Waals surface area contributed by atoms with E-state index in [0.717, 1.165) is 35.1 Å². The van der Waals surface area contributed by atoms with Crippen molar-refractivity contribution in [3.8, 4) is 0 Å². The summed E-state index contributed by atoms with van der Waals surface area (Å²) in [6.07, 6.45) is 12.8. The second-order valence-electron chi connectivity index (χ2n) is 10.3. The third kappa shape index (κ3) is 5.12. The molecule has 0 aromatic rings. The third-order valence-electron chi connectivity index (χ3n) is 8.32. The van der Waals surface area contributed by atoms with E-state index in [9.17, 15) is 9.59 Å². The molecule has 0 aromatic carbocycles. The third-order valence-corrected chi connectivity index (χ3v) is 8.32. The lowest BCUT2D eigenvalue weighted by Crippen LogP contribution is -2.25. The highest BCUT2D eigenvalue weighted by atomic mass is 16.2. The first kappa shape index (κ1) is 21.5. The van der Waals surface area contributed by atoms with E-state index in [-0.39, 0.29) is 11.8 Å². The molecule has 4 bridgehead atoms. The topological polar surface area (TPSA) is 82.9 Å². The van der Waals surface area contributed by atoms with Gasteiger partial charge in [0.2, 0.25) is 11.8 Å². The number of hydrogen-bond acceptors (Lipinski definition) is 4. The van der Waals surface area contributed by atoms with Gasteiger partial charge in [-0.3, -0.25) is 9.59 Å². The van der Waals surface area contributed by atoms with Crippen LogP contribution in [0.4, 0.5) is 0 Å². The van der Waals surface area contributed by atoms with Gasteiger partial charge in [0, 0.05) is 36.1 Å². The fourth-order valence-electron chi connectivity index (χ4n) is 6.66. The molecule has 4 aliphatic rings. The van der Waals surface area contributed by atoms with E-state index in [1.54, 1.807) is 0 Å². The maximum absolute atomic E-state index is 12.1. The average molecular weight is 415 g/mol. The van der Waals surface area contributed by atoms with Crippen LogP contribution in [0, 0.1) is 35.5 Å². The molecule has 4 fully saturated rings. The lowest BCUT2D eigenvalue weighted by Gasteiger charge is -2.21. The summed E-state index contributed by atoms with van der Waals surface area (Å²) in [6.45, 7) is 4.10. The standard InChI is InChI=1S/C24H38N4O2/c1-15(21-13-17-7-9-19(21)11-17)25-27-23(29)5-3-4-6-24(30)28-26-16(2)22-14-18-8-10-20(22)12-18/h17-22H,3-14H2,1-2H3,(H,27,29)(H,28,30)/b25-15+,26-16+. The largest absolute Gasteiger partial charge is 0.273 e. The number of hydrazone groups is 2. The lowest BCUT2D eigenvalue weighted by atomic mass is 9.86. The summed E-state index contributed by atoms with van der Waals surface area (Å²) in [5, 5.41) is 8.72. The molecule has 0 saturated heterocycles. The quantitative estimate of drug-likeness (QED) is 0.333. The van der Waals surface area contributed by atoms with E-state index in [4.69, 9.17) is 0 Å². The molecule has 6 nitrogen and oxygen atoms in total. The number of nitrogens with zero attached hydrogens (tertiary/aromatic N) is 2. The highest BCUT2D eigenvalue weighted by molar-refractivity contribution is 5.87. The summed E-state index contributed by atoms with van der Waals surface area (Å²) < 4.78 is 0. The Bertz CT molecular complexity index is 656. The summed E-state index contributed by atoms with van der Waals surface area (Å²) in [5.74, 6) is 4.36. The zero-order valence-corrected chi connectivity index (χ0v) is 18.7. The van der Waals surface area contributed by atoms with Crippen molar-refractivity contribution < 1.29 is 9.59 Å². The van der Waals surface area contributed by atoms with Gasteiger partial charge in [-0.05, 0) is 88.9 Å². The van der Waals surface area contributed by atoms with E-state index in [1.165, 1.54) is 51.4 Å². The van der Waals surface area contributed by atoms with Gasteiger partial charge in [0.15, 0.2) is 0 Å². The van der Waals surface area contributed by atoms with Gasteiger partial charge in [-0.1, -0.05) is 12.8 Å². The van der Waals surface area contributed by atoms with E-state index in [0.29, 0.717) is 37.5 Å². The molecule has 2 N–H and O–H groups in total. The number of carbonyl (C=O) groups excluding carboxylic acids is 2. The monoisotopic (exact) mass is 414 g/mol. The SMILES string of the molecule is C/C(=N\NC(=O)CCCCC(=O)N/N=C(\C)C1CC2CCC1C2)C1CC2CCC1C2. The van der Waals surface area contributed by atoms with Crippen LogP contribution in [-0.2, 0) is 9.59 Å². The van der Waals surface area contributed by atoms with E-state index in [2.05, 4.69) is 34.9 Å². The number of hydrogen-bond donors (Lipinski definition) is 2. The van der Waals surface area contributed by atoms with Crippen LogP contribution in [0.2, 0.25) is 0 Å². The molecule has 4 aliphatic carbocycles. The van der Waals surface area contributed by atoms with Crippen LogP contribution in [0.5, 0.6) is 0 Å². The summed E-state index contributed by atoms with van der Waals surface area (Å²) in [4.78, 5) is 24.1. The zero-order valence-electron chi connectivity index (χ0n) is 18.7. The van der Waals surface area contributed by atoms with Gasteiger partial charge in [-0.25, -0.2) is 10.9 Å². The molecule has 0 aromatic heterocycles. The average Bonchev–Trinajstić information content (AvgIpc) is 3.54. The maximum Gasteiger partial charge on any atom is 0.240 e. The van der Waals surface area contributed by atoms with Crippen molar-refractivity contribution in [3.05, 3.63) is 0 Å². The first-order valence-electron chi connectivity index (χ1n) is 12.2. The minimum Gasteiger partial charge on any atom is -0.273 e. The molecular formula is C24H38N4O2. The Morgan fingerprint density at radius 3 is 1.47 bits per heavy atom. The Kier molecular flexibility index (Phi) is 6.89. The predicted octanol–water partition coefficient (Wildman–Crippen LogP) is 4.40. The van der Waals surface area contributed by atoms with Crippen molar-refractivity contribution >= 4 is 23.2 Å². The highest BCUT2D eigenvalue weighted by Gasteiger charge is 2.41. The Hall–Kier alpha value is -1.72. The van der Waals surface area contributed by atoms with E-state index >= 15 is 0 Å². The smallest absolute Gasteiger partial charge is 0.240 e. The Morgan fingerprint density at radius 1 is 0.700 bits per heavy atom. The first-order chi connectivity index (χ1) is 14.5. The second-order valence-corrected chi connectivity index (χ2v) is 10.3. The van der Waals surface area contributed by atoms with Crippen LogP contribution >= 0.6 is 0 Å². The van der Waals surface area contributed by atoms with Crippen molar-refractivity contribution in [1.82, 2.24) is 10.9 Å². The van der Waals surface area contributed by atoms with Crippen LogP contribution in [0.1, 0.15) is 90.9 Å².